The summed E-state index contributed by atoms with van der Waals surface area (Å²) < 4.78 is 14.3. The lowest BCUT2D eigenvalue weighted by atomic mass is 9.98. The van der Waals surface area contributed by atoms with Crippen molar-refractivity contribution in [2.75, 3.05) is 18.9 Å². The molecule has 0 amide bonds. The molecule has 40 heavy (non-hydrogen) atoms. The van der Waals surface area contributed by atoms with E-state index in [0.717, 1.165) is 62.8 Å². The molecule has 3 heterocycles. The van der Waals surface area contributed by atoms with Gasteiger partial charge in [-0.1, -0.05) is 30.3 Å². The standard InChI is InChI=1S/C33H32N4O3/c1-20(38)15-28-26(21-5-6-21)3-2-4-32(28)40-19-30-29-17-24(9-10-31(29)37(36-30)25-12-14-39-18-25)23-8-7-22-11-13-35-33(34)27(22)16-23/h2-4,7-11,13,16-17,21,25H,5-6,12,14-15,18-19H2,1H3,(H2,34,35). The zero-order chi connectivity index (χ0) is 27.2. The lowest BCUT2D eigenvalue weighted by molar-refractivity contribution is -0.116. The number of hydrogen-bond donors (Lipinski definition) is 1. The Morgan fingerprint density at radius 3 is 2.65 bits per heavy atom. The third-order valence-corrected chi connectivity index (χ3v) is 8.14. The summed E-state index contributed by atoms with van der Waals surface area (Å²) in [7, 11) is 0. The molecule has 1 unspecified atom stereocenters. The van der Waals surface area contributed by atoms with Gasteiger partial charge in [0, 0.05) is 35.6 Å². The van der Waals surface area contributed by atoms with E-state index in [0.29, 0.717) is 31.4 Å². The SMILES string of the molecule is CC(=O)Cc1c(OCc2nn(C3CCOC3)c3ccc(-c4ccc5ccnc(N)c5c4)cc23)cccc1C1CC1. The fraction of sp³-hybridized carbons (Fsp3) is 0.303. The minimum atomic E-state index is 0.143. The van der Waals surface area contributed by atoms with Gasteiger partial charge in [-0.3, -0.25) is 9.48 Å². The Bertz CT molecular complexity index is 1750. The van der Waals surface area contributed by atoms with E-state index in [1.807, 2.05) is 18.2 Å². The molecule has 1 aliphatic carbocycles. The molecule has 2 fully saturated rings. The number of benzene rings is 3. The van der Waals surface area contributed by atoms with E-state index < -0.39 is 0 Å². The smallest absolute Gasteiger partial charge is 0.134 e. The van der Waals surface area contributed by atoms with Crippen LogP contribution in [0.5, 0.6) is 5.75 Å². The van der Waals surface area contributed by atoms with E-state index in [2.05, 4.69) is 52.1 Å². The highest BCUT2D eigenvalue weighted by Gasteiger charge is 2.28. The lowest BCUT2D eigenvalue weighted by Crippen LogP contribution is -2.11. The molecule has 202 valence electrons. The number of nitrogens with two attached hydrogens (primary N) is 1. The van der Waals surface area contributed by atoms with Gasteiger partial charge in [-0.05, 0) is 84.5 Å². The Balaban J connectivity index is 1.28. The first-order chi connectivity index (χ1) is 19.5. The maximum absolute atomic E-state index is 12.1. The van der Waals surface area contributed by atoms with Gasteiger partial charge in [0.25, 0.3) is 0 Å². The lowest BCUT2D eigenvalue weighted by Gasteiger charge is -2.14. The second-order valence-electron chi connectivity index (χ2n) is 11.0. The van der Waals surface area contributed by atoms with Crippen molar-refractivity contribution < 1.29 is 14.3 Å². The zero-order valence-corrected chi connectivity index (χ0v) is 22.6. The van der Waals surface area contributed by atoms with Crippen molar-refractivity contribution in [3.63, 3.8) is 0 Å². The molecule has 1 aliphatic heterocycles. The van der Waals surface area contributed by atoms with Crippen LogP contribution >= 0.6 is 0 Å². The summed E-state index contributed by atoms with van der Waals surface area (Å²) in [6, 6.07) is 21.1. The summed E-state index contributed by atoms with van der Waals surface area (Å²) in [6.07, 6.45) is 5.40. The Morgan fingerprint density at radius 2 is 1.88 bits per heavy atom. The Morgan fingerprint density at radius 1 is 1.05 bits per heavy atom. The third-order valence-electron chi connectivity index (χ3n) is 8.14. The van der Waals surface area contributed by atoms with Crippen LogP contribution in [0.3, 0.4) is 0 Å². The van der Waals surface area contributed by atoms with E-state index in [1.165, 1.54) is 18.4 Å². The Hall–Kier alpha value is -4.23. The van der Waals surface area contributed by atoms with E-state index in [1.54, 1.807) is 13.1 Å². The predicted octanol–water partition coefficient (Wildman–Crippen LogP) is 6.38. The summed E-state index contributed by atoms with van der Waals surface area (Å²) >= 11 is 0. The average molecular weight is 533 g/mol. The van der Waals surface area contributed by atoms with Crippen molar-refractivity contribution >= 4 is 33.3 Å². The molecule has 7 rings (SSSR count). The van der Waals surface area contributed by atoms with Crippen LogP contribution < -0.4 is 10.5 Å². The van der Waals surface area contributed by atoms with Crippen molar-refractivity contribution in [3.8, 4) is 16.9 Å². The molecule has 3 aromatic carbocycles. The number of carbonyl (C=O) groups is 1. The Labute approximate surface area is 232 Å². The number of nitrogens with zero attached hydrogens (tertiary/aromatic N) is 3. The van der Waals surface area contributed by atoms with Gasteiger partial charge in [-0.15, -0.1) is 0 Å². The van der Waals surface area contributed by atoms with Gasteiger partial charge >= 0.3 is 0 Å². The normalized spacial score (nSPS) is 17.1. The van der Waals surface area contributed by atoms with Crippen LogP contribution in [0, 0.1) is 0 Å². The summed E-state index contributed by atoms with van der Waals surface area (Å²) in [5, 5.41) is 8.12. The molecule has 0 bridgehead atoms. The largest absolute Gasteiger partial charge is 0.487 e. The van der Waals surface area contributed by atoms with Gasteiger partial charge in [-0.2, -0.15) is 5.10 Å². The number of ether oxygens (including phenoxy) is 2. The van der Waals surface area contributed by atoms with Gasteiger partial charge in [0.15, 0.2) is 0 Å². The number of ketones is 1. The number of aromatic nitrogens is 3. The fourth-order valence-electron chi connectivity index (χ4n) is 5.93. The molecule has 0 radical (unpaired) electrons. The van der Waals surface area contributed by atoms with Gasteiger partial charge in [0.1, 0.15) is 29.7 Å². The van der Waals surface area contributed by atoms with Gasteiger partial charge in [0.2, 0.25) is 0 Å². The molecule has 2 aromatic heterocycles. The minimum Gasteiger partial charge on any atom is -0.487 e. The molecule has 1 atom stereocenters. The third kappa shape index (κ3) is 4.60. The summed E-state index contributed by atoms with van der Waals surface area (Å²) in [6.45, 7) is 3.35. The molecule has 2 N–H and O–H groups in total. The highest BCUT2D eigenvalue weighted by molar-refractivity contribution is 5.95. The number of pyridine rings is 1. The van der Waals surface area contributed by atoms with Crippen LogP contribution in [0.1, 0.15) is 55.0 Å². The number of anilines is 1. The van der Waals surface area contributed by atoms with E-state index >= 15 is 0 Å². The summed E-state index contributed by atoms with van der Waals surface area (Å²) in [4.78, 5) is 16.4. The number of fused-ring (bicyclic) bond motifs is 2. The average Bonchev–Trinajstić information content (AvgIpc) is 3.53. The van der Waals surface area contributed by atoms with Crippen LogP contribution in [-0.4, -0.2) is 33.8 Å². The van der Waals surface area contributed by atoms with Crippen molar-refractivity contribution in [2.45, 2.75) is 51.2 Å². The first kappa shape index (κ1) is 24.8. The van der Waals surface area contributed by atoms with Crippen molar-refractivity contribution in [2.24, 2.45) is 0 Å². The molecule has 1 saturated carbocycles. The number of hydrogen-bond acceptors (Lipinski definition) is 6. The van der Waals surface area contributed by atoms with Gasteiger partial charge in [0.05, 0.1) is 18.2 Å². The van der Waals surface area contributed by atoms with Crippen molar-refractivity contribution in [1.82, 2.24) is 14.8 Å². The highest BCUT2D eigenvalue weighted by Crippen LogP contribution is 2.44. The molecule has 1 saturated heterocycles. The molecule has 5 aromatic rings. The summed E-state index contributed by atoms with van der Waals surface area (Å²) in [5.41, 5.74) is 12.5. The molecule has 0 spiro atoms. The number of nitrogen functional groups attached to an aromatic ring is 1. The van der Waals surface area contributed by atoms with Crippen LogP contribution in [0.25, 0.3) is 32.8 Å². The molecular formula is C33H32N4O3. The summed E-state index contributed by atoms with van der Waals surface area (Å²) in [5.74, 6) is 1.98. The Kier molecular flexibility index (Phi) is 6.24. The van der Waals surface area contributed by atoms with Crippen molar-refractivity contribution in [1.29, 1.82) is 0 Å². The molecule has 7 heteroatoms. The maximum Gasteiger partial charge on any atom is 0.134 e. The van der Waals surface area contributed by atoms with E-state index in [9.17, 15) is 4.79 Å². The second-order valence-corrected chi connectivity index (χ2v) is 11.0. The van der Waals surface area contributed by atoms with Gasteiger partial charge < -0.3 is 15.2 Å². The van der Waals surface area contributed by atoms with Crippen molar-refractivity contribution in [3.05, 3.63) is 83.7 Å². The first-order valence-electron chi connectivity index (χ1n) is 14.0. The zero-order valence-electron chi connectivity index (χ0n) is 22.6. The maximum atomic E-state index is 12.1. The first-order valence-corrected chi connectivity index (χ1v) is 14.0. The number of Topliss-reactive ketones (excluding diaryl/α,β-unsaturated/α-hetero) is 1. The topological polar surface area (TPSA) is 92.3 Å². The number of carbonyl (C=O) groups excluding carboxylic acids is 1. The quantitative estimate of drug-likeness (QED) is 0.249. The van der Waals surface area contributed by atoms with Crippen LogP contribution in [0.2, 0.25) is 0 Å². The fourth-order valence-corrected chi connectivity index (χ4v) is 5.93. The van der Waals surface area contributed by atoms with Crippen LogP contribution in [0.4, 0.5) is 5.82 Å². The van der Waals surface area contributed by atoms with Crippen LogP contribution in [-0.2, 0) is 22.6 Å². The highest BCUT2D eigenvalue weighted by atomic mass is 16.5. The van der Waals surface area contributed by atoms with E-state index in [4.69, 9.17) is 20.3 Å². The molecule has 2 aliphatic rings. The van der Waals surface area contributed by atoms with Crippen LogP contribution in [0.15, 0.2) is 66.9 Å². The minimum absolute atomic E-state index is 0.143. The predicted molar refractivity (Wildman–Crippen MR) is 156 cm³/mol. The second kappa shape index (κ2) is 10.1. The molecular weight excluding hydrogens is 500 g/mol. The monoisotopic (exact) mass is 532 g/mol. The number of rotatable bonds is 8. The van der Waals surface area contributed by atoms with E-state index in [-0.39, 0.29) is 11.8 Å². The van der Waals surface area contributed by atoms with Gasteiger partial charge in [-0.25, -0.2) is 4.98 Å². The molecule has 7 nitrogen and oxygen atoms in total.